The molecule has 1 aliphatic rings. The van der Waals surface area contributed by atoms with Gasteiger partial charge in [-0.05, 0) is 18.8 Å². The van der Waals surface area contributed by atoms with Crippen LogP contribution in [0.25, 0.3) is 0 Å². The standard InChI is InChI=1S/C11H18N2O/c1-9(2)11-7-13(8-12-11)10-3-5-14-6-4-10/h7-10H,3-6H2,1-2H3. The van der Waals surface area contributed by atoms with Crippen LogP contribution in [0.5, 0.6) is 0 Å². The summed E-state index contributed by atoms with van der Waals surface area (Å²) in [4.78, 5) is 4.41. The Morgan fingerprint density at radius 2 is 2.14 bits per heavy atom. The number of aromatic nitrogens is 2. The Balaban J connectivity index is 2.07. The zero-order valence-electron chi connectivity index (χ0n) is 8.94. The molecule has 1 aliphatic heterocycles. The van der Waals surface area contributed by atoms with Gasteiger partial charge < -0.3 is 9.30 Å². The van der Waals surface area contributed by atoms with E-state index in [0.29, 0.717) is 12.0 Å². The van der Waals surface area contributed by atoms with Crippen molar-refractivity contribution in [2.24, 2.45) is 0 Å². The Kier molecular flexibility index (Phi) is 2.87. The summed E-state index contributed by atoms with van der Waals surface area (Å²) in [5, 5.41) is 0. The molecule has 0 atom stereocenters. The van der Waals surface area contributed by atoms with Gasteiger partial charge in [0.1, 0.15) is 0 Å². The van der Waals surface area contributed by atoms with Crippen LogP contribution in [0.3, 0.4) is 0 Å². The van der Waals surface area contributed by atoms with Crippen molar-refractivity contribution in [2.75, 3.05) is 13.2 Å². The van der Waals surface area contributed by atoms with Crippen molar-refractivity contribution < 1.29 is 4.74 Å². The van der Waals surface area contributed by atoms with Crippen LogP contribution in [-0.4, -0.2) is 22.8 Å². The molecular weight excluding hydrogens is 176 g/mol. The summed E-state index contributed by atoms with van der Waals surface area (Å²) in [5.41, 5.74) is 1.19. The highest BCUT2D eigenvalue weighted by atomic mass is 16.5. The van der Waals surface area contributed by atoms with Crippen molar-refractivity contribution in [2.45, 2.75) is 38.6 Å². The fraction of sp³-hybridized carbons (Fsp3) is 0.727. The normalized spacial score (nSPS) is 19.1. The van der Waals surface area contributed by atoms with Gasteiger partial charge in [0, 0.05) is 25.5 Å². The second-order valence-corrected chi connectivity index (χ2v) is 4.24. The first-order valence-electron chi connectivity index (χ1n) is 5.38. The molecule has 0 radical (unpaired) electrons. The van der Waals surface area contributed by atoms with E-state index in [-0.39, 0.29) is 0 Å². The lowest BCUT2D eigenvalue weighted by molar-refractivity contribution is 0.0695. The lowest BCUT2D eigenvalue weighted by Crippen LogP contribution is -2.18. The third kappa shape index (κ3) is 1.98. The summed E-state index contributed by atoms with van der Waals surface area (Å²) in [6, 6.07) is 0.601. The Morgan fingerprint density at radius 1 is 1.43 bits per heavy atom. The van der Waals surface area contributed by atoms with Gasteiger partial charge in [0.2, 0.25) is 0 Å². The predicted molar refractivity (Wildman–Crippen MR) is 55.4 cm³/mol. The summed E-state index contributed by atoms with van der Waals surface area (Å²) in [7, 11) is 0. The Morgan fingerprint density at radius 3 is 2.71 bits per heavy atom. The molecule has 3 heteroatoms. The van der Waals surface area contributed by atoms with Crippen molar-refractivity contribution in [1.82, 2.24) is 9.55 Å². The molecule has 0 amide bonds. The number of nitrogens with zero attached hydrogens (tertiary/aromatic N) is 2. The third-order valence-corrected chi connectivity index (χ3v) is 2.83. The molecule has 0 aromatic carbocycles. The van der Waals surface area contributed by atoms with Crippen LogP contribution in [0.4, 0.5) is 0 Å². The molecule has 1 aromatic rings. The highest BCUT2D eigenvalue weighted by Gasteiger charge is 2.16. The lowest BCUT2D eigenvalue weighted by atomic mass is 10.1. The molecule has 1 saturated heterocycles. The summed E-state index contributed by atoms with van der Waals surface area (Å²) < 4.78 is 7.59. The van der Waals surface area contributed by atoms with E-state index in [1.807, 2.05) is 6.33 Å². The van der Waals surface area contributed by atoms with Crippen molar-refractivity contribution in [3.8, 4) is 0 Å². The number of hydrogen-bond acceptors (Lipinski definition) is 2. The minimum atomic E-state index is 0.524. The van der Waals surface area contributed by atoms with Crippen molar-refractivity contribution in [3.63, 3.8) is 0 Å². The second kappa shape index (κ2) is 4.13. The van der Waals surface area contributed by atoms with Gasteiger partial charge in [-0.25, -0.2) is 4.98 Å². The van der Waals surface area contributed by atoms with Gasteiger partial charge in [0.25, 0.3) is 0 Å². The fourth-order valence-electron chi connectivity index (χ4n) is 1.83. The molecule has 0 saturated carbocycles. The van der Waals surface area contributed by atoms with Crippen LogP contribution in [0, 0.1) is 0 Å². The smallest absolute Gasteiger partial charge is 0.0952 e. The Hall–Kier alpha value is -0.830. The molecule has 0 aliphatic carbocycles. The topological polar surface area (TPSA) is 27.1 Å². The number of hydrogen-bond donors (Lipinski definition) is 0. The first kappa shape index (κ1) is 9.71. The van der Waals surface area contributed by atoms with E-state index in [1.165, 1.54) is 5.69 Å². The largest absolute Gasteiger partial charge is 0.381 e. The molecule has 1 aromatic heterocycles. The van der Waals surface area contributed by atoms with Crippen LogP contribution >= 0.6 is 0 Å². The van der Waals surface area contributed by atoms with Gasteiger partial charge in [-0.15, -0.1) is 0 Å². The third-order valence-electron chi connectivity index (χ3n) is 2.83. The SMILES string of the molecule is CC(C)c1cn(C2CCOCC2)cn1. The number of rotatable bonds is 2. The van der Waals surface area contributed by atoms with Crippen LogP contribution in [0.2, 0.25) is 0 Å². The molecule has 78 valence electrons. The van der Waals surface area contributed by atoms with Gasteiger partial charge >= 0.3 is 0 Å². The minimum Gasteiger partial charge on any atom is -0.381 e. The van der Waals surface area contributed by atoms with E-state index in [0.717, 1.165) is 26.1 Å². The molecule has 0 unspecified atom stereocenters. The predicted octanol–water partition coefficient (Wildman–Crippen LogP) is 2.36. The highest BCUT2D eigenvalue weighted by Crippen LogP contribution is 2.22. The monoisotopic (exact) mass is 194 g/mol. The summed E-state index contributed by atoms with van der Waals surface area (Å²) in [5.74, 6) is 0.524. The molecular formula is C11H18N2O. The lowest BCUT2D eigenvalue weighted by Gasteiger charge is -2.22. The molecule has 0 N–H and O–H groups in total. The van der Waals surface area contributed by atoms with E-state index in [9.17, 15) is 0 Å². The number of imidazole rings is 1. The highest BCUT2D eigenvalue weighted by molar-refractivity contribution is 5.03. The quantitative estimate of drug-likeness (QED) is 0.722. The molecule has 0 spiro atoms. The summed E-state index contributed by atoms with van der Waals surface area (Å²) >= 11 is 0. The van der Waals surface area contributed by atoms with Crippen LogP contribution in [0.15, 0.2) is 12.5 Å². The summed E-state index contributed by atoms with van der Waals surface area (Å²) in [6.45, 7) is 6.13. The van der Waals surface area contributed by atoms with Gasteiger partial charge in [0.05, 0.1) is 12.0 Å². The van der Waals surface area contributed by atoms with E-state index in [4.69, 9.17) is 4.74 Å². The zero-order valence-corrected chi connectivity index (χ0v) is 8.94. The van der Waals surface area contributed by atoms with Crippen LogP contribution in [0.1, 0.15) is 44.3 Å². The average molecular weight is 194 g/mol. The van der Waals surface area contributed by atoms with Crippen molar-refractivity contribution in [3.05, 3.63) is 18.2 Å². The molecule has 2 rings (SSSR count). The Bertz CT molecular complexity index is 287. The Labute approximate surface area is 85.1 Å². The minimum absolute atomic E-state index is 0.524. The second-order valence-electron chi connectivity index (χ2n) is 4.24. The zero-order chi connectivity index (χ0) is 9.97. The van der Waals surface area contributed by atoms with Gasteiger partial charge in [-0.1, -0.05) is 13.8 Å². The van der Waals surface area contributed by atoms with Gasteiger partial charge in [0.15, 0.2) is 0 Å². The maximum Gasteiger partial charge on any atom is 0.0952 e. The molecule has 14 heavy (non-hydrogen) atoms. The van der Waals surface area contributed by atoms with E-state index in [2.05, 4.69) is 29.6 Å². The molecule has 3 nitrogen and oxygen atoms in total. The first-order valence-corrected chi connectivity index (χ1v) is 5.38. The average Bonchev–Trinajstić information content (AvgIpc) is 2.68. The maximum atomic E-state index is 5.34. The van der Waals surface area contributed by atoms with Crippen molar-refractivity contribution >= 4 is 0 Å². The van der Waals surface area contributed by atoms with Gasteiger partial charge in [-0.2, -0.15) is 0 Å². The molecule has 0 bridgehead atoms. The van der Waals surface area contributed by atoms with E-state index in [1.54, 1.807) is 0 Å². The molecule has 2 heterocycles. The van der Waals surface area contributed by atoms with E-state index < -0.39 is 0 Å². The number of ether oxygens (including phenoxy) is 1. The van der Waals surface area contributed by atoms with E-state index >= 15 is 0 Å². The first-order chi connectivity index (χ1) is 6.77. The van der Waals surface area contributed by atoms with Crippen molar-refractivity contribution in [1.29, 1.82) is 0 Å². The summed E-state index contributed by atoms with van der Waals surface area (Å²) in [6.07, 6.45) is 6.38. The maximum absolute atomic E-state index is 5.34. The molecule has 1 fully saturated rings. The van der Waals surface area contributed by atoms with Crippen LogP contribution in [-0.2, 0) is 4.74 Å². The fourth-order valence-corrected chi connectivity index (χ4v) is 1.83. The van der Waals surface area contributed by atoms with Crippen LogP contribution < -0.4 is 0 Å². The van der Waals surface area contributed by atoms with Gasteiger partial charge in [-0.3, -0.25) is 0 Å².